The molecular weight excluding hydrogens is 260 g/mol. The van der Waals surface area contributed by atoms with Gasteiger partial charge >= 0.3 is 0 Å². The van der Waals surface area contributed by atoms with Crippen molar-refractivity contribution in [3.05, 3.63) is 41.3 Å². The highest BCUT2D eigenvalue weighted by Crippen LogP contribution is 2.09. The Morgan fingerprint density at radius 3 is 2.32 bits per heavy atom. The van der Waals surface area contributed by atoms with Gasteiger partial charge in [-0.1, -0.05) is 32.1 Å². The normalized spacial score (nSPS) is 14.1. The molecule has 3 N–H and O–H groups in total. The van der Waals surface area contributed by atoms with Crippen LogP contribution in [-0.4, -0.2) is 26.8 Å². The standard InChI is InChI=1S/C14H22N2O2S/c1-11(2)16-14(8-9-19(3,17)18)10-12-4-6-13(15)7-5-12/h4-9,11,14,16H,10,15H2,1-3H3/b9-8+/t14-/m1/s1. The van der Waals surface area contributed by atoms with Crippen LogP contribution < -0.4 is 11.1 Å². The summed E-state index contributed by atoms with van der Waals surface area (Å²) < 4.78 is 22.4. The van der Waals surface area contributed by atoms with Crippen molar-refractivity contribution in [2.45, 2.75) is 32.4 Å². The van der Waals surface area contributed by atoms with Crippen molar-refractivity contribution in [2.24, 2.45) is 0 Å². The lowest BCUT2D eigenvalue weighted by Gasteiger charge is -2.18. The number of hydrogen-bond donors (Lipinski definition) is 2. The molecule has 1 atom stereocenters. The SMILES string of the molecule is CC(C)N[C@H](/C=C/S(C)(=O)=O)Cc1ccc(N)cc1. The average Bonchev–Trinajstić information content (AvgIpc) is 2.27. The Labute approximate surface area is 115 Å². The maximum Gasteiger partial charge on any atom is 0.168 e. The van der Waals surface area contributed by atoms with E-state index in [2.05, 4.69) is 5.32 Å². The minimum Gasteiger partial charge on any atom is -0.399 e. The molecule has 0 fully saturated rings. The molecule has 0 aliphatic heterocycles. The van der Waals surface area contributed by atoms with Crippen LogP contribution >= 0.6 is 0 Å². The summed E-state index contributed by atoms with van der Waals surface area (Å²) in [5.41, 5.74) is 7.49. The van der Waals surface area contributed by atoms with Gasteiger partial charge in [-0.25, -0.2) is 8.42 Å². The molecule has 0 bridgehead atoms. The molecule has 0 spiro atoms. The zero-order valence-corrected chi connectivity index (χ0v) is 12.4. The van der Waals surface area contributed by atoms with Gasteiger partial charge in [0, 0.05) is 29.4 Å². The van der Waals surface area contributed by atoms with Crippen LogP contribution in [0.25, 0.3) is 0 Å². The van der Waals surface area contributed by atoms with E-state index in [-0.39, 0.29) is 12.1 Å². The largest absolute Gasteiger partial charge is 0.399 e. The molecule has 5 heteroatoms. The van der Waals surface area contributed by atoms with Crippen molar-refractivity contribution in [3.8, 4) is 0 Å². The van der Waals surface area contributed by atoms with Crippen LogP contribution in [0.15, 0.2) is 35.7 Å². The van der Waals surface area contributed by atoms with Crippen LogP contribution in [0.2, 0.25) is 0 Å². The first-order chi connectivity index (χ1) is 8.76. The van der Waals surface area contributed by atoms with Gasteiger partial charge in [0.25, 0.3) is 0 Å². The lowest BCUT2D eigenvalue weighted by Crippen LogP contribution is -2.35. The number of rotatable bonds is 6. The quantitative estimate of drug-likeness (QED) is 0.780. The Hall–Kier alpha value is -1.33. The van der Waals surface area contributed by atoms with E-state index in [1.165, 1.54) is 11.7 Å². The van der Waals surface area contributed by atoms with Crippen LogP contribution in [0.4, 0.5) is 5.69 Å². The van der Waals surface area contributed by atoms with Crippen LogP contribution in [-0.2, 0) is 16.3 Å². The monoisotopic (exact) mass is 282 g/mol. The van der Waals surface area contributed by atoms with E-state index in [9.17, 15) is 8.42 Å². The van der Waals surface area contributed by atoms with Crippen molar-refractivity contribution in [2.75, 3.05) is 12.0 Å². The summed E-state index contributed by atoms with van der Waals surface area (Å²) in [6.07, 6.45) is 3.62. The minimum absolute atomic E-state index is 0.0154. The van der Waals surface area contributed by atoms with Crippen molar-refractivity contribution in [1.29, 1.82) is 0 Å². The summed E-state index contributed by atoms with van der Waals surface area (Å²) in [6, 6.07) is 7.88. The van der Waals surface area contributed by atoms with Gasteiger partial charge in [0.05, 0.1) is 0 Å². The van der Waals surface area contributed by atoms with Gasteiger partial charge < -0.3 is 11.1 Å². The summed E-state index contributed by atoms with van der Waals surface area (Å²) in [6.45, 7) is 4.06. The van der Waals surface area contributed by atoms with Gasteiger partial charge in [-0.2, -0.15) is 0 Å². The Morgan fingerprint density at radius 2 is 1.84 bits per heavy atom. The molecule has 0 unspecified atom stereocenters. The van der Waals surface area contributed by atoms with E-state index in [4.69, 9.17) is 5.73 Å². The third-order valence-electron chi connectivity index (χ3n) is 2.54. The molecule has 0 radical (unpaired) electrons. The van der Waals surface area contributed by atoms with Gasteiger partial charge in [0.15, 0.2) is 9.84 Å². The smallest absolute Gasteiger partial charge is 0.168 e. The molecule has 0 aliphatic carbocycles. The Morgan fingerprint density at radius 1 is 1.26 bits per heavy atom. The van der Waals surface area contributed by atoms with Crippen molar-refractivity contribution in [3.63, 3.8) is 0 Å². The molecule has 106 valence electrons. The van der Waals surface area contributed by atoms with Crippen molar-refractivity contribution >= 4 is 15.5 Å². The second-order valence-electron chi connectivity index (χ2n) is 5.03. The van der Waals surface area contributed by atoms with Crippen molar-refractivity contribution in [1.82, 2.24) is 5.32 Å². The third-order valence-corrected chi connectivity index (χ3v) is 3.19. The summed E-state index contributed by atoms with van der Waals surface area (Å²) in [5, 5.41) is 4.59. The molecule has 1 aromatic carbocycles. The Bertz CT molecular complexity index is 519. The Kier molecular flexibility index (Phi) is 5.57. The van der Waals surface area contributed by atoms with E-state index in [0.29, 0.717) is 0 Å². The fraction of sp³-hybridized carbons (Fsp3) is 0.429. The molecule has 0 heterocycles. The van der Waals surface area contributed by atoms with E-state index >= 15 is 0 Å². The van der Waals surface area contributed by atoms with Gasteiger partial charge in [-0.05, 0) is 24.1 Å². The molecule has 0 saturated carbocycles. The fourth-order valence-electron chi connectivity index (χ4n) is 1.76. The second-order valence-corrected chi connectivity index (χ2v) is 6.96. The lowest BCUT2D eigenvalue weighted by molar-refractivity contribution is 0.520. The zero-order valence-electron chi connectivity index (χ0n) is 11.6. The molecule has 1 rings (SSSR count). The van der Waals surface area contributed by atoms with E-state index < -0.39 is 9.84 Å². The first-order valence-corrected chi connectivity index (χ1v) is 8.20. The van der Waals surface area contributed by atoms with Gasteiger partial charge in [-0.3, -0.25) is 0 Å². The molecule has 0 saturated heterocycles. The van der Waals surface area contributed by atoms with Gasteiger partial charge in [0.1, 0.15) is 0 Å². The average molecular weight is 282 g/mol. The number of anilines is 1. The zero-order chi connectivity index (χ0) is 14.5. The first kappa shape index (κ1) is 15.7. The topological polar surface area (TPSA) is 72.2 Å². The highest BCUT2D eigenvalue weighted by atomic mass is 32.2. The summed E-state index contributed by atoms with van der Waals surface area (Å²) in [5.74, 6) is 0. The predicted molar refractivity (Wildman–Crippen MR) is 80.6 cm³/mol. The minimum atomic E-state index is -3.09. The molecule has 19 heavy (non-hydrogen) atoms. The van der Waals surface area contributed by atoms with Gasteiger partial charge in [-0.15, -0.1) is 0 Å². The summed E-state index contributed by atoms with van der Waals surface area (Å²) in [4.78, 5) is 0. The highest BCUT2D eigenvalue weighted by molar-refractivity contribution is 7.93. The number of hydrogen-bond acceptors (Lipinski definition) is 4. The molecule has 0 aliphatic rings. The van der Waals surface area contributed by atoms with Crippen molar-refractivity contribution < 1.29 is 8.42 Å². The van der Waals surface area contributed by atoms with Crippen LogP contribution in [0.3, 0.4) is 0 Å². The lowest BCUT2D eigenvalue weighted by atomic mass is 10.0. The predicted octanol–water partition coefficient (Wildman–Crippen LogP) is 1.74. The molecule has 0 amide bonds. The van der Waals surface area contributed by atoms with Crippen LogP contribution in [0.5, 0.6) is 0 Å². The number of sulfone groups is 1. The summed E-state index contributed by atoms with van der Waals surface area (Å²) in [7, 11) is -3.09. The summed E-state index contributed by atoms with van der Waals surface area (Å²) >= 11 is 0. The van der Waals surface area contributed by atoms with E-state index in [1.54, 1.807) is 6.08 Å². The number of nitrogen functional groups attached to an aromatic ring is 1. The first-order valence-electron chi connectivity index (χ1n) is 6.25. The highest BCUT2D eigenvalue weighted by Gasteiger charge is 2.08. The maximum atomic E-state index is 11.2. The van der Waals surface area contributed by atoms with E-state index in [1.807, 2.05) is 38.1 Å². The molecule has 1 aromatic rings. The Balaban J connectivity index is 2.80. The third kappa shape index (κ3) is 6.98. The van der Waals surface area contributed by atoms with Crippen LogP contribution in [0, 0.1) is 0 Å². The second kappa shape index (κ2) is 6.73. The number of nitrogens with two attached hydrogens (primary N) is 1. The van der Waals surface area contributed by atoms with Gasteiger partial charge in [0.2, 0.25) is 0 Å². The number of nitrogens with one attached hydrogen (secondary N) is 1. The maximum absolute atomic E-state index is 11.2. The number of benzene rings is 1. The molecule has 0 aromatic heterocycles. The fourth-order valence-corrected chi connectivity index (χ4v) is 2.23. The molecular formula is C14H22N2O2S. The van der Waals surface area contributed by atoms with Crippen LogP contribution in [0.1, 0.15) is 19.4 Å². The molecule has 4 nitrogen and oxygen atoms in total. The van der Waals surface area contributed by atoms with E-state index in [0.717, 1.165) is 17.7 Å².